The smallest absolute Gasteiger partial charge is 0.349 e. The summed E-state index contributed by atoms with van der Waals surface area (Å²) in [6.07, 6.45) is 2.76. The molecule has 1 fully saturated rings. The van der Waals surface area contributed by atoms with Gasteiger partial charge in [-0.2, -0.15) is 0 Å². The number of carbonyl (C=O) groups is 2. The maximum atomic E-state index is 12.9. The number of anilines is 1. The van der Waals surface area contributed by atoms with Crippen LogP contribution >= 0.6 is 11.6 Å². The summed E-state index contributed by atoms with van der Waals surface area (Å²) in [5.74, 6) is -0.634. The molecule has 1 aromatic carbocycles. The number of benzene rings is 1. The van der Waals surface area contributed by atoms with E-state index < -0.39 is 17.5 Å². The fourth-order valence-corrected chi connectivity index (χ4v) is 3.55. The highest BCUT2D eigenvalue weighted by Crippen LogP contribution is 2.21. The van der Waals surface area contributed by atoms with Crippen molar-refractivity contribution in [2.24, 2.45) is 5.92 Å². The van der Waals surface area contributed by atoms with Crippen LogP contribution in [0.25, 0.3) is 11.0 Å². The van der Waals surface area contributed by atoms with Gasteiger partial charge in [0.15, 0.2) is 0 Å². The Morgan fingerprint density at radius 3 is 2.83 bits per heavy atom. The number of hydrogen-bond donors (Lipinski definition) is 1. The Bertz CT molecular complexity index is 1130. The maximum absolute atomic E-state index is 12.9. The van der Waals surface area contributed by atoms with Crippen LogP contribution in [0.15, 0.2) is 57.9 Å². The minimum Gasteiger partial charge on any atom is -0.422 e. The molecule has 29 heavy (non-hydrogen) atoms. The van der Waals surface area contributed by atoms with Gasteiger partial charge < -0.3 is 14.6 Å². The molecule has 7 nitrogen and oxygen atoms in total. The number of amides is 2. The third-order valence-electron chi connectivity index (χ3n) is 4.93. The quantitative estimate of drug-likeness (QED) is 0.667. The van der Waals surface area contributed by atoms with E-state index in [4.69, 9.17) is 16.0 Å². The van der Waals surface area contributed by atoms with Crippen molar-refractivity contribution in [2.45, 2.75) is 12.8 Å². The van der Waals surface area contributed by atoms with Crippen LogP contribution in [-0.4, -0.2) is 34.8 Å². The highest BCUT2D eigenvalue weighted by molar-refractivity contribution is 6.30. The van der Waals surface area contributed by atoms with Crippen LogP contribution in [-0.2, 0) is 4.79 Å². The average Bonchev–Trinajstić information content (AvgIpc) is 2.74. The second kappa shape index (κ2) is 8.05. The SMILES string of the molecule is O=C(Nc1ccc(Cl)cn1)C1CCCN(C(=O)c2cc3ccccc3oc2=O)C1. The molecule has 0 spiro atoms. The number of para-hydroxylation sites is 1. The summed E-state index contributed by atoms with van der Waals surface area (Å²) < 4.78 is 5.27. The van der Waals surface area contributed by atoms with Crippen LogP contribution < -0.4 is 10.9 Å². The molecule has 0 saturated carbocycles. The molecule has 1 N–H and O–H groups in total. The van der Waals surface area contributed by atoms with Crippen LogP contribution in [0, 0.1) is 5.92 Å². The zero-order chi connectivity index (χ0) is 20.4. The molecule has 1 atom stereocenters. The van der Waals surface area contributed by atoms with Gasteiger partial charge in [-0.3, -0.25) is 9.59 Å². The van der Waals surface area contributed by atoms with Gasteiger partial charge in [0, 0.05) is 24.7 Å². The number of nitrogens with one attached hydrogen (secondary N) is 1. The fraction of sp³-hybridized carbons (Fsp3) is 0.238. The molecular weight excluding hydrogens is 394 g/mol. The van der Waals surface area contributed by atoms with Gasteiger partial charge in [-0.1, -0.05) is 29.8 Å². The number of nitrogens with zero attached hydrogens (tertiary/aromatic N) is 2. The monoisotopic (exact) mass is 411 g/mol. The van der Waals surface area contributed by atoms with Crippen LogP contribution in [0.2, 0.25) is 5.02 Å². The van der Waals surface area contributed by atoms with Gasteiger partial charge in [-0.05, 0) is 37.1 Å². The largest absolute Gasteiger partial charge is 0.422 e. The standard InChI is InChI=1S/C21H18ClN3O4/c22-15-7-8-18(23-11-15)24-19(26)14-5-3-9-25(12-14)20(27)16-10-13-4-1-2-6-17(13)29-21(16)28/h1-2,4,6-8,10-11,14H,3,5,9,12H2,(H,23,24,26). The maximum Gasteiger partial charge on any atom is 0.349 e. The Balaban J connectivity index is 1.50. The van der Waals surface area contributed by atoms with Gasteiger partial charge >= 0.3 is 5.63 Å². The molecule has 0 bridgehead atoms. The zero-order valence-corrected chi connectivity index (χ0v) is 16.2. The molecule has 2 aromatic heterocycles. The Morgan fingerprint density at radius 1 is 1.21 bits per heavy atom. The molecule has 0 aliphatic carbocycles. The van der Waals surface area contributed by atoms with Crippen molar-refractivity contribution in [1.82, 2.24) is 9.88 Å². The summed E-state index contributed by atoms with van der Waals surface area (Å²) in [5, 5.41) is 3.90. The first-order valence-electron chi connectivity index (χ1n) is 9.26. The van der Waals surface area contributed by atoms with E-state index in [9.17, 15) is 14.4 Å². The van der Waals surface area contributed by atoms with Crippen molar-refractivity contribution < 1.29 is 14.0 Å². The molecule has 1 saturated heterocycles. The average molecular weight is 412 g/mol. The van der Waals surface area contributed by atoms with E-state index in [0.29, 0.717) is 41.2 Å². The van der Waals surface area contributed by atoms with Crippen molar-refractivity contribution in [2.75, 3.05) is 18.4 Å². The Hall–Kier alpha value is -3.19. The first-order valence-corrected chi connectivity index (χ1v) is 9.63. The van der Waals surface area contributed by atoms with E-state index in [1.807, 2.05) is 6.07 Å². The van der Waals surface area contributed by atoms with Gasteiger partial charge in [0.25, 0.3) is 5.91 Å². The van der Waals surface area contributed by atoms with Crippen LogP contribution in [0.4, 0.5) is 5.82 Å². The van der Waals surface area contributed by atoms with Crippen molar-refractivity contribution in [3.05, 3.63) is 69.7 Å². The first kappa shape index (κ1) is 19.1. The molecule has 2 amide bonds. The number of fused-ring (bicyclic) bond motifs is 1. The third-order valence-corrected chi connectivity index (χ3v) is 5.15. The van der Waals surface area contributed by atoms with Gasteiger partial charge in [0.2, 0.25) is 5.91 Å². The van der Waals surface area contributed by atoms with Crippen molar-refractivity contribution in [3.8, 4) is 0 Å². The van der Waals surface area contributed by atoms with E-state index >= 15 is 0 Å². The van der Waals surface area contributed by atoms with E-state index in [1.54, 1.807) is 36.4 Å². The van der Waals surface area contributed by atoms with E-state index in [-0.39, 0.29) is 18.0 Å². The predicted octanol–water partition coefficient (Wildman–Crippen LogP) is 3.33. The number of rotatable bonds is 3. The molecule has 148 valence electrons. The number of aromatic nitrogens is 1. The second-order valence-corrected chi connectivity index (χ2v) is 7.36. The predicted molar refractivity (Wildman–Crippen MR) is 109 cm³/mol. The molecule has 3 aromatic rings. The van der Waals surface area contributed by atoms with Crippen molar-refractivity contribution in [1.29, 1.82) is 0 Å². The Labute approximate surface area is 171 Å². The lowest BCUT2D eigenvalue weighted by atomic mass is 9.96. The number of piperidine rings is 1. The first-order chi connectivity index (χ1) is 14.0. The highest BCUT2D eigenvalue weighted by Gasteiger charge is 2.30. The summed E-state index contributed by atoms with van der Waals surface area (Å²) >= 11 is 5.81. The van der Waals surface area contributed by atoms with E-state index in [0.717, 1.165) is 0 Å². The topological polar surface area (TPSA) is 92.5 Å². The molecule has 0 radical (unpaired) electrons. The fourth-order valence-electron chi connectivity index (χ4n) is 3.44. The lowest BCUT2D eigenvalue weighted by molar-refractivity contribution is -0.121. The number of carbonyl (C=O) groups excluding carboxylic acids is 2. The molecule has 1 unspecified atom stereocenters. The molecule has 4 rings (SSSR count). The minimum absolute atomic E-state index is 0.0240. The summed E-state index contributed by atoms with van der Waals surface area (Å²) in [7, 11) is 0. The van der Waals surface area contributed by atoms with Crippen molar-refractivity contribution >= 4 is 40.2 Å². The van der Waals surface area contributed by atoms with Crippen LogP contribution in [0.3, 0.4) is 0 Å². The zero-order valence-electron chi connectivity index (χ0n) is 15.4. The Morgan fingerprint density at radius 2 is 2.03 bits per heavy atom. The second-order valence-electron chi connectivity index (χ2n) is 6.93. The third kappa shape index (κ3) is 4.14. The molecule has 1 aliphatic heterocycles. The number of hydrogen-bond acceptors (Lipinski definition) is 5. The summed E-state index contributed by atoms with van der Waals surface area (Å²) in [4.78, 5) is 43.4. The van der Waals surface area contributed by atoms with E-state index in [2.05, 4.69) is 10.3 Å². The minimum atomic E-state index is -0.675. The van der Waals surface area contributed by atoms with Gasteiger partial charge in [-0.25, -0.2) is 9.78 Å². The Kier molecular flexibility index (Phi) is 5.31. The lowest BCUT2D eigenvalue weighted by Gasteiger charge is -2.31. The van der Waals surface area contributed by atoms with Gasteiger partial charge in [0.05, 0.1) is 10.9 Å². The van der Waals surface area contributed by atoms with E-state index in [1.165, 1.54) is 11.1 Å². The normalized spacial score (nSPS) is 16.6. The molecule has 8 heteroatoms. The molecule has 1 aliphatic rings. The van der Waals surface area contributed by atoms with Crippen LogP contribution in [0.5, 0.6) is 0 Å². The lowest BCUT2D eigenvalue weighted by Crippen LogP contribution is -2.44. The number of pyridine rings is 1. The molecule has 3 heterocycles. The number of likely N-dealkylation sites (tertiary alicyclic amines) is 1. The van der Waals surface area contributed by atoms with Crippen LogP contribution in [0.1, 0.15) is 23.2 Å². The van der Waals surface area contributed by atoms with Gasteiger partial charge in [0.1, 0.15) is 17.0 Å². The summed E-state index contributed by atoms with van der Waals surface area (Å²) in [6, 6.07) is 11.8. The van der Waals surface area contributed by atoms with Crippen molar-refractivity contribution in [3.63, 3.8) is 0 Å². The summed E-state index contributed by atoms with van der Waals surface area (Å²) in [5.41, 5.74) is -0.268. The number of halogens is 1. The highest BCUT2D eigenvalue weighted by atomic mass is 35.5. The van der Waals surface area contributed by atoms with Gasteiger partial charge in [-0.15, -0.1) is 0 Å². The molecular formula is C21H18ClN3O4. The summed E-state index contributed by atoms with van der Waals surface area (Å²) in [6.45, 7) is 0.707.